The third-order valence-electron chi connectivity index (χ3n) is 4.42. The van der Waals surface area contributed by atoms with E-state index in [1.807, 2.05) is 24.9 Å². The molecule has 0 spiro atoms. The summed E-state index contributed by atoms with van der Waals surface area (Å²) in [5, 5.41) is 2.73. The standard InChI is InChI=1S/C19H26N4O5S/c1-6-13(4)20-16(24)10-23(15-8-11(2)7-12(3)9-15)29(27,28)17-14(5)21-19(26)22-18(17)25/h7-9,13H,6,10H2,1-5H3,(H,20,24)(H2,21,22,25,26)/t13-/m0/s1. The first-order valence-corrected chi connectivity index (χ1v) is 10.6. The number of rotatable bonds is 7. The van der Waals surface area contributed by atoms with Crippen LogP contribution in [0.3, 0.4) is 0 Å². The van der Waals surface area contributed by atoms with Crippen LogP contribution >= 0.6 is 0 Å². The summed E-state index contributed by atoms with van der Waals surface area (Å²) in [6, 6.07) is 4.97. The number of amides is 1. The third kappa shape index (κ3) is 5.14. The lowest BCUT2D eigenvalue weighted by atomic mass is 10.1. The second kappa shape index (κ2) is 8.64. The van der Waals surface area contributed by atoms with Crippen molar-refractivity contribution < 1.29 is 13.2 Å². The van der Waals surface area contributed by atoms with E-state index in [1.165, 1.54) is 6.92 Å². The maximum atomic E-state index is 13.4. The van der Waals surface area contributed by atoms with E-state index in [4.69, 9.17) is 0 Å². The van der Waals surface area contributed by atoms with Crippen LogP contribution in [0.1, 0.15) is 37.1 Å². The maximum absolute atomic E-state index is 13.4. The van der Waals surface area contributed by atoms with Gasteiger partial charge in [-0.25, -0.2) is 13.2 Å². The number of nitrogens with one attached hydrogen (secondary N) is 3. The van der Waals surface area contributed by atoms with Crippen molar-refractivity contribution in [3.8, 4) is 0 Å². The Bertz CT molecular complexity index is 1110. The first kappa shape index (κ1) is 22.4. The predicted octanol–water partition coefficient (Wildman–Crippen LogP) is 1.10. The van der Waals surface area contributed by atoms with Gasteiger partial charge in [0.2, 0.25) is 5.91 Å². The topological polar surface area (TPSA) is 132 Å². The van der Waals surface area contributed by atoms with Crippen LogP contribution in [0.15, 0.2) is 32.7 Å². The minimum atomic E-state index is -4.44. The molecule has 0 radical (unpaired) electrons. The summed E-state index contributed by atoms with van der Waals surface area (Å²) >= 11 is 0. The number of carbonyl (C=O) groups is 1. The summed E-state index contributed by atoms with van der Waals surface area (Å²) in [6.45, 7) is 8.13. The van der Waals surface area contributed by atoms with Crippen molar-refractivity contribution in [1.82, 2.24) is 15.3 Å². The fraction of sp³-hybridized carbons (Fsp3) is 0.421. The SMILES string of the molecule is CC[C@H](C)NC(=O)CN(c1cc(C)cc(C)c1)S(=O)(=O)c1c(C)[nH]c(=O)[nH]c1=O. The second-order valence-corrected chi connectivity index (χ2v) is 8.90. The number of sulfonamides is 1. The molecular formula is C19H26N4O5S. The van der Waals surface area contributed by atoms with Crippen LogP contribution in [0.4, 0.5) is 5.69 Å². The van der Waals surface area contributed by atoms with Crippen LogP contribution in [0.25, 0.3) is 0 Å². The van der Waals surface area contributed by atoms with Crippen molar-refractivity contribution in [2.45, 2.75) is 52.0 Å². The van der Waals surface area contributed by atoms with Gasteiger partial charge < -0.3 is 10.3 Å². The molecule has 1 aromatic carbocycles. The largest absolute Gasteiger partial charge is 0.352 e. The molecule has 9 nitrogen and oxygen atoms in total. The van der Waals surface area contributed by atoms with Gasteiger partial charge in [0.1, 0.15) is 6.54 Å². The van der Waals surface area contributed by atoms with E-state index < -0.39 is 38.6 Å². The van der Waals surface area contributed by atoms with Gasteiger partial charge in [-0.1, -0.05) is 13.0 Å². The van der Waals surface area contributed by atoms with Crippen molar-refractivity contribution in [3.05, 3.63) is 55.9 Å². The predicted molar refractivity (Wildman–Crippen MR) is 111 cm³/mol. The summed E-state index contributed by atoms with van der Waals surface area (Å²) < 4.78 is 27.7. The molecule has 2 aromatic rings. The summed E-state index contributed by atoms with van der Waals surface area (Å²) in [5.41, 5.74) is -0.0894. The van der Waals surface area contributed by atoms with Gasteiger partial charge in [-0.3, -0.25) is 18.9 Å². The average Bonchev–Trinajstić information content (AvgIpc) is 2.57. The van der Waals surface area contributed by atoms with E-state index in [-0.39, 0.29) is 17.4 Å². The molecule has 3 N–H and O–H groups in total. The van der Waals surface area contributed by atoms with Crippen molar-refractivity contribution in [2.24, 2.45) is 0 Å². The van der Waals surface area contributed by atoms with E-state index in [1.54, 1.807) is 26.0 Å². The molecule has 0 unspecified atom stereocenters. The van der Waals surface area contributed by atoms with E-state index in [0.717, 1.165) is 15.4 Å². The van der Waals surface area contributed by atoms with Gasteiger partial charge in [0, 0.05) is 11.7 Å². The van der Waals surface area contributed by atoms with Gasteiger partial charge in [0.05, 0.1) is 5.69 Å². The number of benzene rings is 1. The maximum Gasteiger partial charge on any atom is 0.325 e. The molecule has 0 aliphatic rings. The lowest BCUT2D eigenvalue weighted by Gasteiger charge is -2.25. The van der Waals surface area contributed by atoms with E-state index in [2.05, 4.69) is 10.3 Å². The molecule has 0 aliphatic heterocycles. The molecule has 29 heavy (non-hydrogen) atoms. The Labute approximate surface area is 169 Å². The smallest absolute Gasteiger partial charge is 0.325 e. The lowest BCUT2D eigenvalue weighted by Crippen LogP contribution is -2.45. The Morgan fingerprint density at radius 1 is 1.10 bits per heavy atom. The number of hydrogen-bond donors (Lipinski definition) is 3. The van der Waals surface area contributed by atoms with E-state index in [9.17, 15) is 22.8 Å². The van der Waals surface area contributed by atoms with Crippen LogP contribution in [0.2, 0.25) is 0 Å². The summed E-state index contributed by atoms with van der Waals surface area (Å²) in [6.07, 6.45) is 0.681. The van der Waals surface area contributed by atoms with E-state index >= 15 is 0 Å². The average molecular weight is 423 g/mol. The highest BCUT2D eigenvalue weighted by atomic mass is 32.2. The number of H-pyrrole nitrogens is 2. The number of carbonyl (C=O) groups excluding carboxylic acids is 1. The van der Waals surface area contributed by atoms with Crippen molar-refractivity contribution in [1.29, 1.82) is 0 Å². The number of anilines is 1. The van der Waals surface area contributed by atoms with Crippen molar-refractivity contribution in [3.63, 3.8) is 0 Å². The molecule has 10 heteroatoms. The normalized spacial score (nSPS) is 12.4. The lowest BCUT2D eigenvalue weighted by molar-refractivity contribution is -0.120. The van der Waals surface area contributed by atoms with Gasteiger partial charge >= 0.3 is 5.69 Å². The number of aromatic nitrogens is 2. The number of hydrogen-bond acceptors (Lipinski definition) is 5. The zero-order valence-corrected chi connectivity index (χ0v) is 17.9. The summed E-state index contributed by atoms with van der Waals surface area (Å²) in [5.74, 6) is -0.499. The Balaban J connectivity index is 2.64. The van der Waals surface area contributed by atoms with Crippen LogP contribution in [0.5, 0.6) is 0 Å². The highest BCUT2D eigenvalue weighted by Crippen LogP contribution is 2.25. The molecule has 2 rings (SSSR count). The first-order valence-electron chi connectivity index (χ1n) is 9.19. The molecule has 158 valence electrons. The fourth-order valence-electron chi connectivity index (χ4n) is 2.97. The van der Waals surface area contributed by atoms with Crippen LogP contribution in [0, 0.1) is 20.8 Å². The number of aryl methyl sites for hydroxylation is 3. The molecule has 0 saturated carbocycles. The zero-order chi connectivity index (χ0) is 21.9. The van der Waals surface area contributed by atoms with Crippen LogP contribution < -0.4 is 20.9 Å². The summed E-state index contributed by atoms with van der Waals surface area (Å²) in [4.78, 5) is 39.9. The third-order valence-corrected chi connectivity index (χ3v) is 6.35. The molecule has 1 atom stereocenters. The molecule has 0 aliphatic carbocycles. The highest BCUT2D eigenvalue weighted by molar-refractivity contribution is 7.92. The molecule has 1 amide bonds. The van der Waals surface area contributed by atoms with Crippen molar-refractivity contribution in [2.75, 3.05) is 10.8 Å². The molecule has 1 heterocycles. The molecule has 0 fully saturated rings. The summed E-state index contributed by atoms with van der Waals surface area (Å²) in [7, 11) is -4.44. The van der Waals surface area contributed by atoms with E-state index in [0.29, 0.717) is 6.42 Å². The monoisotopic (exact) mass is 422 g/mol. The zero-order valence-electron chi connectivity index (χ0n) is 17.1. The molecule has 0 bridgehead atoms. The highest BCUT2D eigenvalue weighted by Gasteiger charge is 2.32. The molecular weight excluding hydrogens is 396 g/mol. The van der Waals surface area contributed by atoms with Gasteiger partial charge in [-0.05, 0) is 57.4 Å². The molecule has 0 saturated heterocycles. The Morgan fingerprint density at radius 2 is 1.69 bits per heavy atom. The molecule has 1 aromatic heterocycles. The number of aromatic amines is 2. The Kier molecular flexibility index (Phi) is 6.68. The first-order chi connectivity index (χ1) is 13.4. The quantitative estimate of drug-likeness (QED) is 0.615. The number of nitrogens with zero attached hydrogens (tertiary/aromatic N) is 1. The van der Waals surface area contributed by atoms with Crippen molar-refractivity contribution >= 4 is 21.6 Å². The fourth-order valence-corrected chi connectivity index (χ4v) is 4.59. The van der Waals surface area contributed by atoms with Crippen LogP contribution in [-0.2, 0) is 14.8 Å². The minimum absolute atomic E-state index is 0.101. The van der Waals surface area contributed by atoms with Crippen LogP contribution in [-0.4, -0.2) is 36.9 Å². The van der Waals surface area contributed by atoms with Gasteiger partial charge in [-0.2, -0.15) is 0 Å². The van der Waals surface area contributed by atoms with Gasteiger partial charge in [-0.15, -0.1) is 0 Å². The van der Waals surface area contributed by atoms with Gasteiger partial charge in [0.25, 0.3) is 15.6 Å². The van der Waals surface area contributed by atoms with Gasteiger partial charge in [0.15, 0.2) is 4.90 Å². The minimum Gasteiger partial charge on any atom is -0.352 e. The Morgan fingerprint density at radius 3 is 2.21 bits per heavy atom. The Hall–Kier alpha value is -2.88. The second-order valence-electron chi connectivity index (χ2n) is 7.10.